The number of carboxylic acids is 2. The number of nitrogens with zero attached hydrogens (tertiary/aromatic N) is 2. The number of benzene rings is 2. The molecule has 1 aliphatic rings. The Bertz CT molecular complexity index is 1600. The fourth-order valence-electron chi connectivity index (χ4n) is 5.42. The lowest BCUT2D eigenvalue weighted by Crippen LogP contribution is -2.42. The number of imidazole rings is 1. The summed E-state index contributed by atoms with van der Waals surface area (Å²) in [6, 6.07) is 11.2. The molecule has 0 radical (unpaired) electrons. The first-order chi connectivity index (χ1) is 19.8. The van der Waals surface area contributed by atoms with Crippen LogP contribution in [0.2, 0.25) is 0 Å². The Balaban J connectivity index is 1.40. The summed E-state index contributed by atoms with van der Waals surface area (Å²) in [5, 5.41) is 21.5. The van der Waals surface area contributed by atoms with E-state index in [1.807, 2.05) is 12.1 Å². The number of furan rings is 1. The van der Waals surface area contributed by atoms with Gasteiger partial charge in [-0.3, -0.25) is 4.79 Å². The molecule has 2 heterocycles. The van der Waals surface area contributed by atoms with Gasteiger partial charge in [-0.25, -0.2) is 14.6 Å². The molecular formula is C31H31N3O7. The molecule has 1 saturated carbocycles. The fraction of sp³-hybridized carbons (Fsp3) is 0.290. The van der Waals surface area contributed by atoms with Gasteiger partial charge in [0.25, 0.3) is 5.91 Å². The van der Waals surface area contributed by atoms with Gasteiger partial charge in [0, 0.05) is 29.7 Å². The Morgan fingerprint density at radius 1 is 1.12 bits per heavy atom. The average molecular weight is 558 g/mol. The van der Waals surface area contributed by atoms with Crippen molar-refractivity contribution >= 4 is 35.0 Å². The number of aliphatic carboxylic acids is 2. The van der Waals surface area contributed by atoms with Crippen molar-refractivity contribution in [2.45, 2.75) is 50.6 Å². The van der Waals surface area contributed by atoms with Crippen molar-refractivity contribution in [3.05, 3.63) is 77.8 Å². The molecule has 1 fully saturated rings. The smallest absolute Gasteiger partial charge is 0.328 e. The Hall–Kier alpha value is -4.86. The monoisotopic (exact) mass is 557 g/mol. The molecule has 0 unspecified atom stereocenters. The van der Waals surface area contributed by atoms with Crippen molar-refractivity contribution in [1.29, 1.82) is 0 Å². The number of rotatable bonds is 10. The van der Waals surface area contributed by atoms with E-state index >= 15 is 0 Å². The van der Waals surface area contributed by atoms with Crippen LogP contribution in [0.3, 0.4) is 0 Å². The zero-order valence-corrected chi connectivity index (χ0v) is 22.6. The Labute approximate surface area is 236 Å². The molecule has 2 aromatic carbocycles. The summed E-state index contributed by atoms with van der Waals surface area (Å²) in [6.07, 6.45) is 11.2. The van der Waals surface area contributed by atoms with Gasteiger partial charge in [0.15, 0.2) is 0 Å². The van der Waals surface area contributed by atoms with Gasteiger partial charge in [0.05, 0.1) is 30.0 Å². The first kappa shape index (κ1) is 27.7. The van der Waals surface area contributed by atoms with Crippen LogP contribution in [0.25, 0.3) is 28.5 Å². The summed E-state index contributed by atoms with van der Waals surface area (Å²) < 4.78 is 12.8. The van der Waals surface area contributed by atoms with E-state index in [2.05, 4.69) is 9.88 Å². The van der Waals surface area contributed by atoms with Gasteiger partial charge in [0.1, 0.15) is 23.9 Å². The standard InChI is InChI=1S/C31H31N3O7/c1-40-27-11-7-19(15-20(27)9-12-28(35)36)16-25(31(38)39)33-30(37)21-8-10-26-24(17-21)32-29(22-13-14-41-18-22)34(26)23-5-3-2-4-6-23/h7-15,17-18,23,25H,2-6,16H2,1H3,(H,33,37)(H,35,36)(H,38,39)/t25-/m0/s1. The molecule has 212 valence electrons. The number of hydrogen-bond acceptors (Lipinski definition) is 6. The zero-order valence-electron chi connectivity index (χ0n) is 22.6. The van der Waals surface area contributed by atoms with Crippen LogP contribution >= 0.6 is 0 Å². The molecule has 0 spiro atoms. The van der Waals surface area contributed by atoms with Crippen LogP contribution in [0.4, 0.5) is 0 Å². The number of carbonyl (C=O) groups excluding carboxylic acids is 1. The minimum atomic E-state index is -1.22. The predicted octanol–water partition coefficient (Wildman–Crippen LogP) is 5.33. The summed E-state index contributed by atoms with van der Waals surface area (Å²) in [4.78, 5) is 41.2. The van der Waals surface area contributed by atoms with Crippen molar-refractivity contribution in [3.63, 3.8) is 0 Å². The van der Waals surface area contributed by atoms with Gasteiger partial charge in [-0.2, -0.15) is 0 Å². The molecular weight excluding hydrogens is 526 g/mol. The molecule has 3 N–H and O–H groups in total. The van der Waals surface area contributed by atoms with Crippen LogP contribution < -0.4 is 10.1 Å². The summed E-state index contributed by atoms with van der Waals surface area (Å²) in [6.45, 7) is 0. The van der Waals surface area contributed by atoms with Gasteiger partial charge in [-0.05, 0) is 60.9 Å². The number of carbonyl (C=O) groups is 3. The number of carboxylic acid groups (broad SMARTS) is 2. The van der Waals surface area contributed by atoms with Gasteiger partial charge < -0.3 is 29.3 Å². The molecule has 4 aromatic rings. The van der Waals surface area contributed by atoms with E-state index in [0.717, 1.165) is 48.7 Å². The Morgan fingerprint density at radius 2 is 1.93 bits per heavy atom. The van der Waals surface area contributed by atoms with Crippen molar-refractivity contribution in [3.8, 4) is 17.1 Å². The molecule has 2 aromatic heterocycles. The lowest BCUT2D eigenvalue weighted by atomic mass is 9.95. The van der Waals surface area contributed by atoms with Crippen LogP contribution in [-0.4, -0.2) is 50.8 Å². The average Bonchev–Trinajstić information content (AvgIpc) is 3.64. The predicted molar refractivity (Wildman–Crippen MR) is 152 cm³/mol. The SMILES string of the molecule is COc1ccc(C[C@H](NC(=O)c2ccc3c(c2)nc(-c2ccoc2)n3C2CCCCC2)C(=O)O)cc1C=CC(=O)O. The van der Waals surface area contributed by atoms with Gasteiger partial charge in [0.2, 0.25) is 0 Å². The summed E-state index contributed by atoms with van der Waals surface area (Å²) in [7, 11) is 1.46. The maximum atomic E-state index is 13.2. The van der Waals surface area contributed by atoms with Crippen LogP contribution in [0.15, 0.2) is 65.5 Å². The van der Waals surface area contributed by atoms with Crippen molar-refractivity contribution < 1.29 is 33.8 Å². The second-order valence-electron chi connectivity index (χ2n) is 10.1. The highest BCUT2D eigenvalue weighted by molar-refractivity contribution is 5.99. The third-order valence-corrected chi connectivity index (χ3v) is 7.41. The minimum Gasteiger partial charge on any atom is -0.496 e. The number of amides is 1. The molecule has 0 saturated heterocycles. The first-order valence-electron chi connectivity index (χ1n) is 13.5. The van der Waals surface area contributed by atoms with Gasteiger partial charge >= 0.3 is 11.9 Å². The number of aromatic nitrogens is 2. The van der Waals surface area contributed by atoms with Crippen LogP contribution in [-0.2, 0) is 16.0 Å². The topological polar surface area (TPSA) is 144 Å². The molecule has 10 nitrogen and oxygen atoms in total. The maximum absolute atomic E-state index is 13.2. The van der Waals surface area contributed by atoms with E-state index in [9.17, 15) is 19.5 Å². The highest BCUT2D eigenvalue weighted by Crippen LogP contribution is 2.36. The highest BCUT2D eigenvalue weighted by atomic mass is 16.5. The van der Waals surface area contributed by atoms with E-state index < -0.39 is 23.9 Å². The minimum absolute atomic E-state index is 0.0117. The van der Waals surface area contributed by atoms with Crippen molar-refractivity contribution in [2.24, 2.45) is 0 Å². The normalized spacial score (nSPS) is 14.8. The zero-order chi connectivity index (χ0) is 28.9. The number of nitrogens with one attached hydrogen (secondary N) is 1. The van der Waals surface area contributed by atoms with Crippen molar-refractivity contribution in [1.82, 2.24) is 14.9 Å². The highest BCUT2D eigenvalue weighted by Gasteiger charge is 2.25. The molecule has 10 heteroatoms. The molecule has 5 rings (SSSR count). The van der Waals surface area contributed by atoms with E-state index in [-0.39, 0.29) is 6.42 Å². The number of methoxy groups -OCH3 is 1. The maximum Gasteiger partial charge on any atom is 0.328 e. The molecule has 1 aliphatic carbocycles. The summed E-state index contributed by atoms with van der Waals surface area (Å²) >= 11 is 0. The second kappa shape index (κ2) is 12.1. The second-order valence-corrected chi connectivity index (χ2v) is 10.1. The third kappa shape index (κ3) is 6.16. The molecule has 41 heavy (non-hydrogen) atoms. The third-order valence-electron chi connectivity index (χ3n) is 7.41. The number of hydrogen-bond donors (Lipinski definition) is 3. The summed E-state index contributed by atoms with van der Waals surface area (Å²) in [5.41, 5.74) is 3.80. The number of ether oxygens (including phenoxy) is 1. The lowest BCUT2D eigenvalue weighted by Gasteiger charge is -2.25. The quantitative estimate of drug-likeness (QED) is 0.222. The van der Waals surface area contributed by atoms with E-state index in [1.54, 1.807) is 42.9 Å². The largest absolute Gasteiger partial charge is 0.496 e. The summed E-state index contributed by atoms with van der Waals surface area (Å²) in [5.74, 6) is -1.62. The number of fused-ring (bicyclic) bond motifs is 1. The van der Waals surface area contributed by atoms with Gasteiger partial charge in [-0.15, -0.1) is 0 Å². The van der Waals surface area contributed by atoms with Crippen LogP contribution in [0.5, 0.6) is 5.75 Å². The molecule has 0 aliphatic heterocycles. The van der Waals surface area contributed by atoms with Crippen LogP contribution in [0.1, 0.15) is 59.6 Å². The molecule has 1 amide bonds. The Kier molecular flexibility index (Phi) is 8.19. The van der Waals surface area contributed by atoms with Gasteiger partial charge in [-0.1, -0.05) is 25.3 Å². The van der Waals surface area contributed by atoms with E-state index in [1.165, 1.54) is 19.6 Å². The Morgan fingerprint density at radius 3 is 2.61 bits per heavy atom. The first-order valence-corrected chi connectivity index (χ1v) is 13.5. The van der Waals surface area contributed by atoms with Crippen LogP contribution in [0, 0.1) is 0 Å². The molecule has 1 atom stereocenters. The molecule has 0 bridgehead atoms. The fourth-order valence-corrected chi connectivity index (χ4v) is 5.42. The van der Waals surface area contributed by atoms with Crippen molar-refractivity contribution in [2.75, 3.05) is 7.11 Å². The van der Waals surface area contributed by atoms with E-state index in [4.69, 9.17) is 19.2 Å². The lowest BCUT2D eigenvalue weighted by molar-refractivity contribution is -0.139. The van der Waals surface area contributed by atoms with E-state index in [0.29, 0.717) is 34.0 Å².